The molecule has 1 aromatic rings. The van der Waals surface area contributed by atoms with E-state index < -0.39 is 5.60 Å². The molecule has 1 saturated heterocycles. The smallest absolute Gasteiger partial charge is 0.240 e. The summed E-state index contributed by atoms with van der Waals surface area (Å²) in [5.41, 5.74) is 1.81. The molecule has 1 aromatic carbocycles. The number of nitrogens with one attached hydrogen (secondary N) is 1. The molecule has 0 radical (unpaired) electrons. The Bertz CT molecular complexity index is 499. The molecule has 102 valence electrons. The van der Waals surface area contributed by atoms with Crippen LogP contribution in [0.15, 0.2) is 24.3 Å². The zero-order chi connectivity index (χ0) is 13.5. The van der Waals surface area contributed by atoms with Crippen molar-refractivity contribution >= 4 is 5.91 Å². The summed E-state index contributed by atoms with van der Waals surface area (Å²) in [6, 6.07) is 8.09. The predicted octanol–water partition coefficient (Wildman–Crippen LogP) is 0.684. The number of likely N-dealkylation sites (tertiary alicyclic amines) is 1. The highest BCUT2D eigenvalue weighted by molar-refractivity contribution is 5.83. The molecule has 1 fully saturated rings. The van der Waals surface area contributed by atoms with E-state index in [1.165, 1.54) is 11.1 Å². The van der Waals surface area contributed by atoms with E-state index in [4.69, 9.17) is 0 Å². The van der Waals surface area contributed by atoms with E-state index >= 15 is 0 Å². The summed E-state index contributed by atoms with van der Waals surface area (Å²) in [5, 5.41) is 13.3. The molecule has 0 saturated carbocycles. The molecule has 2 aliphatic rings. The van der Waals surface area contributed by atoms with Crippen molar-refractivity contribution in [1.29, 1.82) is 0 Å². The molecule has 3 rings (SSSR count). The van der Waals surface area contributed by atoms with Gasteiger partial charge in [0.25, 0.3) is 0 Å². The predicted molar refractivity (Wildman–Crippen MR) is 72.6 cm³/mol. The van der Waals surface area contributed by atoms with Crippen molar-refractivity contribution in [3.05, 3.63) is 35.4 Å². The van der Waals surface area contributed by atoms with Crippen LogP contribution < -0.4 is 5.32 Å². The first kappa shape index (κ1) is 12.6. The molecule has 4 heteroatoms. The average Bonchev–Trinajstić information content (AvgIpc) is 2.78. The second-order valence-corrected chi connectivity index (χ2v) is 5.91. The maximum atomic E-state index is 12.5. The SMILES string of the molecule is CC1(O)CCN(C(=O)[C@H]2Cc3ccccc3CN2)C1. The third-order valence-electron chi connectivity index (χ3n) is 4.14. The number of carbonyl (C=O) groups is 1. The van der Waals surface area contributed by atoms with Gasteiger partial charge in [0.15, 0.2) is 0 Å². The van der Waals surface area contributed by atoms with E-state index in [9.17, 15) is 9.90 Å². The highest BCUT2D eigenvalue weighted by Gasteiger charge is 2.37. The van der Waals surface area contributed by atoms with Crippen molar-refractivity contribution in [3.8, 4) is 0 Å². The van der Waals surface area contributed by atoms with Crippen LogP contribution in [0.25, 0.3) is 0 Å². The van der Waals surface area contributed by atoms with E-state index in [0.29, 0.717) is 19.5 Å². The highest BCUT2D eigenvalue weighted by Crippen LogP contribution is 2.23. The summed E-state index contributed by atoms with van der Waals surface area (Å²) < 4.78 is 0. The summed E-state index contributed by atoms with van der Waals surface area (Å²) in [6.45, 7) is 3.65. The van der Waals surface area contributed by atoms with E-state index in [2.05, 4.69) is 17.4 Å². The van der Waals surface area contributed by atoms with Crippen molar-refractivity contribution in [2.75, 3.05) is 13.1 Å². The van der Waals surface area contributed by atoms with E-state index in [1.54, 1.807) is 11.8 Å². The molecule has 0 aromatic heterocycles. The second-order valence-electron chi connectivity index (χ2n) is 5.91. The molecule has 4 nitrogen and oxygen atoms in total. The number of carbonyl (C=O) groups excluding carboxylic acids is 1. The van der Waals surface area contributed by atoms with Gasteiger partial charge in [0.2, 0.25) is 5.91 Å². The fourth-order valence-corrected chi connectivity index (χ4v) is 2.98. The molecule has 0 spiro atoms. The van der Waals surface area contributed by atoms with Crippen LogP contribution in [0.3, 0.4) is 0 Å². The van der Waals surface area contributed by atoms with Crippen LogP contribution in [0.1, 0.15) is 24.5 Å². The molecule has 19 heavy (non-hydrogen) atoms. The van der Waals surface area contributed by atoms with Crippen molar-refractivity contribution in [2.24, 2.45) is 0 Å². The van der Waals surface area contributed by atoms with E-state index in [1.807, 2.05) is 12.1 Å². The quantitative estimate of drug-likeness (QED) is 0.781. The van der Waals surface area contributed by atoms with Gasteiger partial charge in [-0.15, -0.1) is 0 Å². The molecule has 2 aliphatic heterocycles. The van der Waals surface area contributed by atoms with Crippen molar-refractivity contribution < 1.29 is 9.90 Å². The van der Waals surface area contributed by atoms with Crippen LogP contribution in [0.2, 0.25) is 0 Å². The lowest BCUT2D eigenvalue weighted by Gasteiger charge is -2.29. The van der Waals surface area contributed by atoms with Gasteiger partial charge in [0.1, 0.15) is 0 Å². The Kier molecular flexibility index (Phi) is 3.07. The van der Waals surface area contributed by atoms with Gasteiger partial charge in [-0.05, 0) is 30.9 Å². The molecule has 0 bridgehead atoms. The third-order valence-corrected chi connectivity index (χ3v) is 4.14. The van der Waals surface area contributed by atoms with E-state index in [0.717, 1.165) is 13.0 Å². The highest BCUT2D eigenvalue weighted by atomic mass is 16.3. The number of benzene rings is 1. The van der Waals surface area contributed by atoms with Gasteiger partial charge >= 0.3 is 0 Å². The number of hydrogen-bond donors (Lipinski definition) is 2. The summed E-state index contributed by atoms with van der Waals surface area (Å²) in [5.74, 6) is 0.118. The molecule has 2 atom stereocenters. The summed E-state index contributed by atoms with van der Waals surface area (Å²) in [6.07, 6.45) is 1.41. The number of aliphatic hydroxyl groups is 1. The minimum absolute atomic E-state index is 0.118. The zero-order valence-electron chi connectivity index (χ0n) is 11.2. The zero-order valence-corrected chi connectivity index (χ0v) is 11.2. The maximum absolute atomic E-state index is 12.5. The Hall–Kier alpha value is -1.39. The van der Waals surface area contributed by atoms with Gasteiger partial charge in [-0.3, -0.25) is 4.79 Å². The monoisotopic (exact) mass is 260 g/mol. The summed E-state index contributed by atoms with van der Waals surface area (Å²) in [7, 11) is 0. The second kappa shape index (κ2) is 4.62. The normalized spacial score (nSPS) is 30.2. The topological polar surface area (TPSA) is 52.6 Å². The van der Waals surface area contributed by atoms with Gasteiger partial charge < -0.3 is 15.3 Å². The van der Waals surface area contributed by atoms with Gasteiger partial charge in [0.05, 0.1) is 11.6 Å². The Morgan fingerprint density at radius 1 is 1.42 bits per heavy atom. The molecule has 0 aliphatic carbocycles. The lowest BCUT2D eigenvalue weighted by Crippen LogP contribution is -2.49. The molecule has 1 amide bonds. The van der Waals surface area contributed by atoms with Gasteiger partial charge in [-0.2, -0.15) is 0 Å². The first-order valence-corrected chi connectivity index (χ1v) is 6.86. The van der Waals surface area contributed by atoms with Crippen molar-refractivity contribution in [3.63, 3.8) is 0 Å². The number of β-amino-alcohol motifs (C(OH)–C–C–N with tert-alkyl or cyclic N) is 1. The fraction of sp³-hybridized carbons (Fsp3) is 0.533. The van der Waals surface area contributed by atoms with Crippen LogP contribution in [0, 0.1) is 0 Å². The minimum atomic E-state index is -0.720. The first-order chi connectivity index (χ1) is 9.05. The third kappa shape index (κ3) is 2.51. The summed E-state index contributed by atoms with van der Waals surface area (Å²) in [4.78, 5) is 14.2. The Morgan fingerprint density at radius 3 is 2.84 bits per heavy atom. The lowest BCUT2D eigenvalue weighted by atomic mass is 9.95. The molecular formula is C15H20N2O2. The maximum Gasteiger partial charge on any atom is 0.240 e. The Balaban J connectivity index is 1.70. The lowest BCUT2D eigenvalue weighted by molar-refractivity contribution is -0.133. The van der Waals surface area contributed by atoms with Gasteiger partial charge in [-0.25, -0.2) is 0 Å². The first-order valence-electron chi connectivity index (χ1n) is 6.86. The van der Waals surface area contributed by atoms with Crippen molar-refractivity contribution in [1.82, 2.24) is 10.2 Å². The van der Waals surface area contributed by atoms with Gasteiger partial charge in [0, 0.05) is 19.6 Å². The summed E-state index contributed by atoms with van der Waals surface area (Å²) >= 11 is 0. The van der Waals surface area contributed by atoms with E-state index in [-0.39, 0.29) is 11.9 Å². The van der Waals surface area contributed by atoms with Crippen LogP contribution >= 0.6 is 0 Å². The number of fused-ring (bicyclic) bond motifs is 1. The number of hydrogen-bond acceptors (Lipinski definition) is 3. The van der Waals surface area contributed by atoms with Gasteiger partial charge in [-0.1, -0.05) is 24.3 Å². The molecule has 2 heterocycles. The minimum Gasteiger partial charge on any atom is -0.388 e. The Labute approximate surface area is 113 Å². The molecule has 2 N–H and O–H groups in total. The van der Waals surface area contributed by atoms with Crippen LogP contribution in [-0.2, 0) is 17.8 Å². The standard InChI is InChI=1S/C15H20N2O2/c1-15(19)6-7-17(10-15)14(18)13-8-11-4-2-3-5-12(11)9-16-13/h2-5,13,16,19H,6-10H2,1H3/t13-,15?/m1/s1. The molecule has 1 unspecified atom stereocenters. The Morgan fingerprint density at radius 2 is 2.16 bits per heavy atom. The molecular weight excluding hydrogens is 240 g/mol. The van der Waals surface area contributed by atoms with Crippen LogP contribution in [0.4, 0.5) is 0 Å². The average molecular weight is 260 g/mol. The van der Waals surface area contributed by atoms with Crippen molar-refractivity contribution in [2.45, 2.75) is 38.0 Å². The number of nitrogens with zero attached hydrogens (tertiary/aromatic N) is 1. The largest absolute Gasteiger partial charge is 0.388 e. The van der Waals surface area contributed by atoms with Crippen LogP contribution in [-0.4, -0.2) is 40.6 Å². The number of amides is 1. The fourth-order valence-electron chi connectivity index (χ4n) is 2.98. The van der Waals surface area contributed by atoms with Crippen LogP contribution in [0.5, 0.6) is 0 Å². The number of rotatable bonds is 1.